The van der Waals surface area contributed by atoms with E-state index in [-0.39, 0.29) is 11.7 Å². The van der Waals surface area contributed by atoms with Crippen molar-refractivity contribution >= 4 is 17.6 Å². The first-order chi connectivity index (χ1) is 11.5. The van der Waals surface area contributed by atoms with Gasteiger partial charge < -0.3 is 14.6 Å². The summed E-state index contributed by atoms with van der Waals surface area (Å²) in [7, 11) is 1.64. The molecular weight excluding hydrogens is 330 g/mol. The monoisotopic (exact) mass is 355 g/mol. The van der Waals surface area contributed by atoms with Crippen LogP contribution >= 0.6 is 11.6 Å². The molecule has 0 spiro atoms. The minimum atomic E-state index is -0.543. The second kappa shape index (κ2) is 8.70. The van der Waals surface area contributed by atoms with E-state index >= 15 is 0 Å². The van der Waals surface area contributed by atoms with E-state index in [1.54, 1.807) is 25.3 Å². The van der Waals surface area contributed by atoms with Gasteiger partial charge in [-0.1, -0.05) is 11.6 Å². The van der Waals surface area contributed by atoms with Crippen molar-refractivity contribution in [3.8, 4) is 5.75 Å². The van der Waals surface area contributed by atoms with E-state index in [9.17, 15) is 9.90 Å². The maximum absolute atomic E-state index is 12.6. The van der Waals surface area contributed by atoms with Gasteiger partial charge in [-0.3, -0.25) is 9.69 Å². The first kappa shape index (κ1) is 19.0. The number of halogens is 1. The van der Waals surface area contributed by atoms with Crippen LogP contribution in [0.4, 0.5) is 0 Å². The first-order valence-corrected chi connectivity index (χ1v) is 8.74. The Hall–Kier alpha value is -1.30. The van der Waals surface area contributed by atoms with Crippen LogP contribution in [0.25, 0.3) is 0 Å². The van der Waals surface area contributed by atoms with Crippen molar-refractivity contribution in [1.82, 2.24) is 4.90 Å². The number of rotatable bonds is 7. The van der Waals surface area contributed by atoms with E-state index in [1.807, 2.05) is 6.92 Å². The van der Waals surface area contributed by atoms with Gasteiger partial charge in [0.15, 0.2) is 0 Å². The molecule has 1 atom stereocenters. The normalized spacial score (nSPS) is 21.6. The van der Waals surface area contributed by atoms with E-state index in [2.05, 4.69) is 4.90 Å². The number of ether oxygens (including phenoxy) is 2. The van der Waals surface area contributed by atoms with Gasteiger partial charge in [0.2, 0.25) is 0 Å². The summed E-state index contributed by atoms with van der Waals surface area (Å²) < 4.78 is 10.5. The van der Waals surface area contributed by atoms with Crippen LogP contribution in [0.3, 0.4) is 0 Å². The van der Waals surface area contributed by atoms with Crippen molar-refractivity contribution in [2.75, 3.05) is 33.4 Å². The maximum atomic E-state index is 12.6. The number of piperidine rings is 1. The largest absolute Gasteiger partial charge is 0.508 e. The van der Waals surface area contributed by atoms with Crippen molar-refractivity contribution in [1.29, 1.82) is 0 Å². The number of benzene rings is 1. The first-order valence-electron chi connectivity index (χ1n) is 8.36. The van der Waals surface area contributed by atoms with E-state index < -0.39 is 5.41 Å². The number of nitrogens with zero attached hydrogens (tertiary/aromatic N) is 1. The van der Waals surface area contributed by atoms with E-state index in [0.29, 0.717) is 37.7 Å². The Balaban J connectivity index is 2.14. The molecule has 1 aromatic rings. The van der Waals surface area contributed by atoms with Crippen LogP contribution in [0.5, 0.6) is 5.75 Å². The number of phenolic OH excluding ortho intramolecular Hbond substituents is 1. The lowest BCUT2D eigenvalue weighted by molar-refractivity contribution is -0.160. The number of methoxy groups -OCH3 is 1. The van der Waals surface area contributed by atoms with Gasteiger partial charge in [0.25, 0.3) is 0 Å². The summed E-state index contributed by atoms with van der Waals surface area (Å²) >= 11 is 6.03. The maximum Gasteiger partial charge on any atom is 0.313 e. The number of hydrogen-bond donors (Lipinski definition) is 1. The molecule has 1 fully saturated rings. The molecule has 5 nitrogen and oxygen atoms in total. The number of phenols is 1. The summed E-state index contributed by atoms with van der Waals surface area (Å²) in [5.41, 5.74) is 0.229. The molecule has 0 aromatic heterocycles. The van der Waals surface area contributed by atoms with Gasteiger partial charge in [-0.2, -0.15) is 0 Å². The molecule has 1 heterocycles. The predicted molar refractivity (Wildman–Crippen MR) is 93.2 cm³/mol. The van der Waals surface area contributed by atoms with Gasteiger partial charge in [0.05, 0.1) is 12.0 Å². The number of aromatic hydroxyl groups is 1. The lowest BCUT2D eigenvalue weighted by Gasteiger charge is -2.41. The van der Waals surface area contributed by atoms with E-state index in [1.165, 1.54) is 0 Å². The molecule has 0 saturated carbocycles. The number of hydrogen-bond acceptors (Lipinski definition) is 5. The Kier molecular flexibility index (Phi) is 6.90. The van der Waals surface area contributed by atoms with Crippen LogP contribution < -0.4 is 0 Å². The third kappa shape index (κ3) is 4.62. The fourth-order valence-corrected chi connectivity index (χ4v) is 3.53. The summed E-state index contributed by atoms with van der Waals surface area (Å²) in [6, 6.07) is 5.04. The zero-order valence-corrected chi connectivity index (χ0v) is 15.1. The average molecular weight is 356 g/mol. The number of esters is 1. The summed E-state index contributed by atoms with van der Waals surface area (Å²) in [5.74, 6) is 0.0747. The number of carbonyl (C=O) groups is 1. The van der Waals surface area contributed by atoms with Crippen LogP contribution in [0.1, 0.15) is 31.7 Å². The molecule has 1 aliphatic heterocycles. The van der Waals surface area contributed by atoms with Crippen molar-refractivity contribution < 1.29 is 19.4 Å². The molecular formula is C18H26ClNO4. The molecule has 1 N–H and O–H groups in total. The van der Waals surface area contributed by atoms with Crippen molar-refractivity contribution in [2.24, 2.45) is 5.41 Å². The van der Waals surface area contributed by atoms with Crippen molar-refractivity contribution in [3.05, 3.63) is 28.8 Å². The summed E-state index contributed by atoms with van der Waals surface area (Å²) in [4.78, 5) is 14.8. The fraction of sp³-hybridized carbons (Fsp3) is 0.611. The lowest BCUT2D eigenvalue weighted by atomic mass is 9.77. The molecule has 1 saturated heterocycles. The third-order valence-electron chi connectivity index (χ3n) is 4.58. The Bertz CT molecular complexity index is 566. The molecule has 24 heavy (non-hydrogen) atoms. The fourth-order valence-electron chi connectivity index (χ4n) is 3.34. The molecule has 134 valence electrons. The molecule has 0 bridgehead atoms. The Morgan fingerprint density at radius 3 is 2.96 bits per heavy atom. The highest BCUT2D eigenvalue weighted by Gasteiger charge is 2.43. The number of likely N-dealkylation sites (tertiary alicyclic amines) is 1. The smallest absolute Gasteiger partial charge is 0.313 e. The zero-order valence-electron chi connectivity index (χ0n) is 14.4. The number of carbonyl (C=O) groups excluding carboxylic acids is 1. The topological polar surface area (TPSA) is 59.0 Å². The van der Waals surface area contributed by atoms with Crippen LogP contribution in [0.15, 0.2) is 18.2 Å². The Labute approximate surface area is 148 Å². The third-order valence-corrected chi connectivity index (χ3v) is 4.82. The van der Waals surface area contributed by atoms with Gasteiger partial charge in [0, 0.05) is 37.4 Å². The van der Waals surface area contributed by atoms with Crippen LogP contribution in [-0.2, 0) is 20.8 Å². The van der Waals surface area contributed by atoms with Crippen molar-refractivity contribution in [2.45, 2.75) is 32.7 Å². The van der Waals surface area contributed by atoms with Gasteiger partial charge in [-0.25, -0.2) is 0 Å². The molecule has 0 amide bonds. The highest BCUT2D eigenvalue weighted by molar-refractivity contribution is 6.30. The molecule has 1 unspecified atom stereocenters. The summed E-state index contributed by atoms with van der Waals surface area (Å²) in [6.45, 7) is 4.76. The SMILES string of the molecule is CCOC(=O)C1(CCOC)CCCN(Cc2cc(Cl)ccc2O)C1. The minimum Gasteiger partial charge on any atom is -0.508 e. The van der Waals surface area contributed by atoms with Gasteiger partial charge in [0.1, 0.15) is 5.75 Å². The quantitative estimate of drug-likeness (QED) is 0.761. The molecule has 1 aromatic carbocycles. The highest BCUT2D eigenvalue weighted by atomic mass is 35.5. The second-order valence-corrected chi connectivity index (χ2v) is 6.77. The molecule has 1 aliphatic rings. The minimum absolute atomic E-state index is 0.151. The Morgan fingerprint density at radius 1 is 1.46 bits per heavy atom. The molecule has 0 aliphatic carbocycles. The van der Waals surface area contributed by atoms with Crippen LogP contribution in [0.2, 0.25) is 5.02 Å². The van der Waals surface area contributed by atoms with Gasteiger partial charge >= 0.3 is 5.97 Å². The van der Waals surface area contributed by atoms with Crippen molar-refractivity contribution in [3.63, 3.8) is 0 Å². The second-order valence-electron chi connectivity index (χ2n) is 6.33. The molecule has 6 heteroatoms. The van der Waals surface area contributed by atoms with Crippen LogP contribution in [0, 0.1) is 5.41 Å². The Morgan fingerprint density at radius 2 is 2.25 bits per heavy atom. The van der Waals surface area contributed by atoms with E-state index in [0.717, 1.165) is 24.9 Å². The highest BCUT2D eigenvalue weighted by Crippen LogP contribution is 2.36. The zero-order chi connectivity index (χ0) is 17.6. The standard InChI is InChI=1S/C18H26ClNO4/c1-3-24-17(22)18(8-10-23-2)7-4-9-20(13-18)12-14-11-15(19)5-6-16(14)21/h5-6,11,21H,3-4,7-10,12-13H2,1-2H3. The van der Waals surface area contributed by atoms with Gasteiger partial charge in [-0.05, 0) is 50.9 Å². The molecule has 2 rings (SSSR count). The predicted octanol–water partition coefficient (Wildman–Crippen LogP) is 3.23. The lowest BCUT2D eigenvalue weighted by Crippen LogP contribution is -2.48. The van der Waals surface area contributed by atoms with E-state index in [4.69, 9.17) is 21.1 Å². The van der Waals surface area contributed by atoms with Gasteiger partial charge in [-0.15, -0.1) is 0 Å². The summed E-state index contributed by atoms with van der Waals surface area (Å²) in [6.07, 6.45) is 2.34. The summed E-state index contributed by atoms with van der Waals surface area (Å²) in [5, 5.41) is 10.6. The van der Waals surface area contributed by atoms with Crippen LogP contribution in [-0.4, -0.2) is 49.4 Å². The average Bonchev–Trinajstić information content (AvgIpc) is 2.57. The molecule has 0 radical (unpaired) electrons.